The molecule has 0 spiro atoms. The molecule has 0 saturated heterocycles. The van der Waals surface area contributed by atoms with Gasteiger partial charge in [-0.05, 0) is 59.2 Å². The summed E-state index contributed by atoms with van der Waals surface area (Å²) in [5.74, 6) is 0. The number of benzene rings is 3. The van der Waals surface area contributed by atoms with Gasteiger partial charge in [-0.1, -0.05) is 18.2 Å². The average molecular weight is 445 g/mol. The predicted molar refractivity (Wildman–Crippen MR) is 126 cm³/mol. The van der Waals surface area contributed by atoms with E-state index >= 15 is 0 Å². The highest BCUT2D eigenvalue weighted by Gasteiger charge is 2.08. The van der Waals surface area contributed by atoms with Gasteiger partial charge in [0.1, 0.15) is 17.7 Å². The topological polar surface area (TPSA) is 103 Å². The highest BCUT2D eigenvalue weighted by Crippen LogP contribution is 2.27. The summed E-state index contributed by atoms with van der Waals surface area (Å²) in [7, 11) is 1.98. The average Bonchev–Trinajstić information content (AvgIpc) is 2.82. The fourth-order valence-electron chi connectivity index (χ4n) is 3.08. The van der Waals surface area contributed by atoms with Crippen molar-refractivity contribution in [2.45, 2.75) is 11.8 Å². The number of non-ortho nitro benzene ring substituents is 1. The first-order valence-corrected chi connectivity index (χ1v) is 10.5. The van der Waals surface area contributed by atoms with Gasteiger partial charge in [0.25, 0.3) is 5.69 Å². The Labute approximate surface area is 190 Å². The van der Waals surface area contributed by atoms with Crippen LogP contribution in [0.4, 0.5) is 11.4 Å². The molecule has 0 saturated carbocycles. The van der Waals surface area contributed by atoms with E-state index < -0.39 is 4.92 Å². The van der Waals surface area contributed by atoms with Crippen LogP contribution in [0.5, 0.6) is 0 Å². The predicted octanol–water partition coefficient (Wildman–Crippen LogP) is 5.73. The Balaban J connectivity index is 1.60. The van der Waals surface area contributed by atoms with Gasteiger partial charge in [-0.2, -0.15) is 10.5 Å². The van der Waals surface area contributed by atoms with Crippen LogP contribution in [0.15, 0.2) is 71.1 Å². The number of likely N-dealkylation sites (N-methyl/N-ethyl adjacent to an activating group) is 1. The van der Waals surface area contributed by atoms with Gasteiger partial charge in [0, 0.05) is 48.4 Å². The Bertz CT molecular complexity index is 1240. The van der Waals surface area contributed by atoms with Crippen LogP contribution >= 0.6 is 12.0 Å². The Hall–Kier alpha value is -3.85. The van der Waals surface area contributed by atoms with Crippen LogP contribution in [-0.2, 0) is 4.18 Å². The molecule has 3 aromatic carbocycles. The van der Waals surface area contributed by atoms with Gasteiger partial charge in [-0.25, -0.2) is 0 Å². The van der Waals surface area contributed by atoms with E-state index in [4.69, 9.17) is 14.7 Å². The molecular weight excluding hydrogens is 424 g/mol. The monoisotopic (exact) mass is 444 g/mol. The van der Waals surface area contributed by atoms with E-state index in [9.17, 15) is 10.1 Å². The number of anilines is 1. The third kappa shape index (κ3) is 5.44. The lowest BCUT2D eigenvalue weighted by Gasteiger charge is -2.19. The second-order valence-corrected chi connectivity index (χ2v) is 7.92. The SMILES string of the molecule is CC(=C(C#N)C#N)c1ccc2cc(N(C)CCOSc3ccc([N+](=O)[O-])cc3)ccc2c1. The number of nitro benzene ring substituents is 1. The highest BCUT2D eigenvalue weighted by atomic mass is 32.2. The van der Waals surface area contributed by atoms with Crippen molar-refractivity contribution in [3.05, 3.63) is 81.9 Å². The third-order valence-corrected chi connectivity index (χ3v) is 5.76. The molecule has 0 aliphatic carbocycles. The molecule has 8 heteroatoms. The first-order chi connectivity index (χ1) is 15.4. The zero-order valence-electron chi connectivity index (χ0n) is 17.6. The van der Waals surface area contributed by atoms with E-state index in [0.717, 1.165) is 26.9 Å². The summed E-state index contributed by atoms with van der Waals surface area (Å²) in [6, 6.07) is 22.1. The van der Waals surface area contributed by atoms with Crippen LogP contribution in [0.1, 0.15) is 12.5 Å². The number of hydrogen-bond acceptors (Lipinski definition) is 7. The summed E-state index contributed by atoms with van der Waals surface area (Å²) < 4.78 is 5.63. The molecule has 0 aromatic heterocycles. The van der Waals surface area contributed by atoms with Crippen molar-refractivity contribution >= 4 is 39.8 Å². The largest absolute Gasteiger partial charge is 0.372 e. The van der Waals surface area contributed by atoms with Gasteiger partial charge in [0.05, 0.1) is 11.5 Å². The van der Waals surface area contributed by atoms with Gasteiger partial charge >= 0.3 is 0 Å². The lowest BCUT2D eigenvalue weighted by molar-refractivity contribution is -0.384. The maximum absolute atomic E-state index is 10.7. The van der Waals surface area contributed by atoms with E-state index in [-0.39, 0.29) is 11.3 Å². The number of rotatable bonds is 8. The van der Waals surface area contributed by atoms with Crippen LogP contribution in [-0.4, -0.2) is 25.1 Å². The van der Waals surface area contributed by atoms with E-state index in [0.29, 0.717) is 18.7 Å². The smallest absolute Gasteiger partial charge is 0.269 e. The maximum atomic E-state index is 10.7. The molecule has 3 aromatic rings. The van der Waals surface area contributed by atoms with Crippen molar-refractivity contribution in [2.24, 2.45) is 0 Å². The molecule has 0 atom stereocenters. The molecule has 0 unspecified atom stereocenters. The van der Waals surface area contributed by atoms with Crippen molar-refractivity contribution in [2.75, 3.05) is 25.1 Å². The molecule has 0 amide bonds. The number of nitriles is 2. The van der Waals surface area contributed by atoms with Crippen LogP contribution in [0.25, 0.3) is 16.3 Å². The van der Waals surface area contributed by atoms with Crippen LogP contribution in [0.3, 0.4) is 0 Å². The summed E-state index contributed by atoms with van der Waals surface area (Å²) in [6.45, 7) is 2.92. The van der Waals surface area contributed by atoms with Crippen molar-refractivity contribution in [3.63, 3.8) is 0 Å². The third-order valence-electron chi connectivity index (χ3n) is 5.01. The lowest BCUT2D eigenvalue weighted by atomic mass is 9.99. The maximum Gasteiger partial charge on any atom is 0.269 e. The Kier molecular flexibility index (Phi) is 7.45. The van der Waals surface area contributed by atoms with Crippen molar-refractivity contribution < 1.29 is 9.11 Å². The first kappa shape index (κ1) is 22.8. The highest BCUT2D eigenvalue weighted by molar-refractivity contribution is 7.94. The van der Waals surface area contributed by atoms with Gasteiger partial charge < -0.3 is 9.08 Å². The number of fused-ring (bicyclic) bond motifs is 1. The van der Waals surface area contributed by atoms with Gasteiger partial charge in [-0.3, -0.25) is 10.1 Å². The number of nitrogens with zero attached hydrogens (tertiary/aromatic N) is 4. The number of allylic oxidation sites excluding steroid dienone is 2. The Morgan fingerprint density at radius 2 is 1.72 bits per heavy atom. The van der Waals surface area contributed by atoms with Gasteiger partial charge in [-0.15, -0.1) is 0 Å². The van der Waals surface area contributed by atoms with Crippen LogP contribution in [0.2, 0.25) is 0 Å². The summed E-state index contributed by atoms with van der Waals surface area (Å²) in [5.41, 5.74) is 2.73. The summed E-state index contributed by atoms with van der Waals surface area (Å²) in [4.78, 5) is 13.2. The second kappa shape index (κ2) is 10.5. The van der Waals surface area contributed by atoms with Crippen molar-refractivity contribution in [1.82, 2.24) is 0 Å². The summed E-state index contributed by atoms with van der Waals surface area (Å²) in [5, 5.41) is 30.9. The van der Waals surface area contributed by atoms with Gasteiger partial charge in [0.2, 0.25) is 0 Å². The molecule has 0 heterocycles. The van der Waals surface area contributed by atoms with Crippen molar-refractivity contribution in [1.29, 1.82) is 10.5 Å². The van der Waals surface area contributed by atoms with Gasteiger partial charge in [0.15, 0.2) is 0 Å². The first-order valence-electron chi connectivity index (χ1n) is 9.73. The molecule has 160 valence electrons. The zero-order chi connectivity index (χ0) is 23.1. The Morgan fingerprint density at radius 3 is 2.38 bits per heavy atom. The molecule has 0 bridgehead atoms. The normalized spacial score (nSPS) is 10.2. The zero-order valence-corrected chi connectivity index (χ0v) is 18.4. The summed E-state index contributed by atoms with van der Waals surface area (Å²) in [6.07, 6.45) is 0. The summed E-state index contributed by atoms with van der Waals surface area (Å²) >= 11 is 1.19. The standard InChI is InChI=1S/C24H20N4O3S/c1-17(21(15-25)16-26)18-3-4-20-14-23(6-5-19(20)13-18)27(2)11-12-31-32-24-9-7-22(8-10-24)28(29)30/h3-10,13-14H,11-12H2,1-2H3. The van der Waals surface area contributed by atoms with Crippen molar-refractivity contribution in [3.8, 4) is 12.1 Å². The van der Waals surface area contributed by atoms with E-state index in [1.807, 2.05) is 49.5 Å². The second-order valence-electron chi connectivity index (χ2n) is 7.05. The Morgan fingerprint density at radius 1 is 1.06 bits per heavy atom. The molecular formula is C24H20N4O3S. The number of nitro groups is 1. The van der Waals surface area contributed by atoms with E-state index in [2.05, 4.69) is 11.0 Å². The quantitative estimate of drug-likeness (QED) is 0.144. The number of hydrogen-bond donors (Lipinski definition) is 0. The minimum atomic E-state index is -0.428. The molecule has 0 N–H and O–H groups in total. The molecule has 32 heavy (non-hydrogen) atoms. The lowest BCUT2D eigenvalue weighted by Crippen LogP contribution is -2.21. The van der Waals surface area contributed by atoms with Crippen LogP contribution < -0.4 is 4.90 Å². The van der Waals surface area contributed by atoms with E-state index in [1.165, 1.54) is 24.2 Å². The molecule has 7 nitrogen and oxygen atoms in total. The fourth-order valence-corrected chi connectivity index (χ4v) is 3.62. The fraction of sp³-hybridized carbons (Fsp3) is 0.167. The molecule has 0 radical (unpaired) electrons. The minimum Gasteiger partial charge on any atom is -0.372 e. The molecule has 3 rings (SSSR count). The van der Waals surface area contributed by atoms with Crippen LogP contribution in [0, 0.1) is 32.8 Å². The minimum absolute atomic E-state index is 0.0549. The van der Waals surface area contributed by atoms with E-state index in [1.54, 1.807) is 19.1 Å². The molecule has 0 aliphatic heterocycles. The molecule has 0 aliphatic rings. The molecule has 0 fully saturated rings.